The summed E-state index contributed by atoms with van der Waals surface area (Å²) in [5, 5.41) is 0.880. The van der Waals surface area contributed by atoms with Gasteiger partial charge in [-0.2, -0.15) is 0 Å². The number of nitrogens with one attached hydrogen (secondary N) is 2. The first-order chi connectivity index (χ1) is 34.9. The molecule has 2 fully saturated rings. The van der Waals surface area contributed by atoms with Gasteiger partial charge in [0.15, 0.2) is 0 Å². The fourth-order valence-corrected chi connectivity index (χ4v) is 9.43. The molecule has 15 heteroatoms. The second-order valence-corrected chi connectivity index (χ2v) is 19.6. The summed E-state index contributed by atoms with van der Waals surface area (Å²) >= 11 is 1.33. The Morgan fingerprint density at radius 3 is 1.33 bits per heavy atom. The van der Waals surface area contributed by atoms with Crippen LogP contribution in [0.1, 0.15) is 81.5 Å². The zero-order valence-corrected chi connectivity index (χ0v) is 42.3. The average molecular weight is 1020 g/mol. The summed E-state index contributed by atoms with van der Waals surface area (Å²) in [6.07, 6.45) is 6.99. The number of carbonyl (C=O) groups is 4. The molecule has 0 aliphatic carbocycles. The standard InChI is InChI=1S/C29H31NO5S.C28H28FNO5S/c1-3-10-21-19-25(35-23-12-5-4-6-13-23)15-16-26(21)34-18-8-7-17-33-24-14-9-11-22(20-24)29(2)27(31)30-28(32)36-29;1-2-9-20-18-24(35-22-11-4-3-5-12-22)14-15-25(20)34-17-7-6-16-33-23-13-8-10-21(19-23)28(29)26(31)30-27(32)36-28/h4-6,9,11-16,19-20H,3,7-8,10,17-18H2,1-2H3,(H,30,31,32);3-5,8,10-15,18-19H,2,6-7,9,16-17H2,1H3,(H,30,31,32). The maximum atomic E-state index is 15.0. The number of halogens is 1. The number of aryl methyl sites for hydroxylation is 2. The molecule has 2 heterocycles. The Labute approximate surface area is 428 Å². The number of ether oxygens (including phenoxy) is 6. The fraction of sp³-hybridized carbons (Fsp3) is 0.298. The molecule has 6 aromatic carbocycles. The average Bonchev–Trinajstić information content (AvgIpc) is 3.82. The van der Waals surface area contributed by atoms with Gasteiger partial charge in [0.1, 0.15) is 50.7 Å². The smallest absolute Gasteiger partial charge is 0.289 e. The van der Waals surface area contributed by atoms with E-state index < -0.39 is 20.9 Å². The third-order valence-corrected chi connectivity index (χ3v) is 13.6. The van der Waals surface area contributed by atoms with Gasteiger partial charge in [-0.3, -0.25) is 29.8 Å². The SMILES string of the molecule is CCCc1cc(Oc2ccccc2)ccc1OCCCCOc1cccc(C2(C)SC(=O)NC2=O)c1.CCCc1cc(Oc2ccccc2)ccc1OCCCCOc1cccc(C2(F)SC(=O)NC2=O)c1. The Hall–Kier alpha value is -6.97. The van der Waals surface area contributed by atoms with Crippen LogP contribution in [0.5, 0.6) is 46.0 Å². The maximum absolute atomic E-state index is 15.0. The van der Waals surface area contributed by atoms with Gasteiger partial charge in [0.05, 0.1) is 26.4 Å². The van der Waals surface area contributed by atoms with Crippen molar-refractivity contribution >= 4 is 45.8 Å². The van der Waals surface area contributed by atoms with Gasteiger partial charge in [0.2, 0.25) is 5.91 Å². The van der Waals surface area contributed by atoms with E-state index in [1.165, 1.54) is 12.1 Å². The van der Waals surface area contributed by atoms with Crippen molar-refractivity contribution in [3.05, 3.63) is 168 Å². The van der Waals surface area contributed by atoms with Gasteiger partial charge >= 0.3 is 0 Å². The summed E-state index contributed by atoms with van der Waals surface area (Å²) < 4.78 is 49.7. The number of thioether (sulfide) groups is 2. The van der Waals surface area contributed by atoms with Crippen LogP contribution in [-0.2, 0) is 32.2 Å². The summed E-state index contributed by atoms with van der Waals surface area (Å²) in [5.74, 6) is 4.79. The number of para-hydroxylation sites is 2. The fourth-order valence-electron chi connectivity index (χ4n) is 7.74. The topological polar surface area (TPSA) is 148 Å². The van der Waals surface area contributed by atoms with E-state index in [4.69, 9.17) is 28.4 Å². The molecule has 0 aromatic heterocycles. The molecule has 2 unspecified atom stereocenters. The van der Waals surface area contributed by atoms with Crippen LogP contribution in [0.25, 0.3) is 0 Å². The summed E-state index contributed by atoms with van der Waals surface area (Å²) in [6, 6.07) is 44.9. The zero-order valence-electron chi connectivity index (χ0n) is 40.6. The van der Waals surface area contributed by atoms with Gasteiger partial charge in [-0.15, -0.1) is 0 Å². The predicted molar refractivity (Wildman–Crippen MR) is 280 cm³/mol. The van der Waals surface area contributed by atoms with Crippen LogP contribution in [0.4, 0.5) is 14.0 Å². The first-order valence-electron chi connectivity index (χ1n) is 24.2. The van der Waals surface area contributed by atoms with Gasteiger partial charge in [-0.25, -0.2) is 4.39 Å². The van der Waals surface area contributed by atoms with Gasteiger partial charge in [0.25, 0.3) is 21.4 Å². The molecule has 8 rings (SSSR count). The first-order valence-corrected chi connectivity index (χ1v) is 25.8. The maximum Gasteiger partial charge on any atom is 0.289 e. The van der Waals surface area contributed by atoms with E-state index in [2.05, 4.69) is 25.2 Å². The van der Waals surface area contributed by atoms with Crippen molar-refractivity contribution in [2.75, 3.05) is 26.4 Å². The number of carbonyl (C=O) groups excluding carboxylic acids is 4. The highest BCUT2D eigenvalue weighted by Gasteiger charge is 2.50. The lowest BCUT2D eigenvalue weighted by Crippen LogP contribution is -2.31. The molecule has 2 aliphatic rings. The monoisotopic (exact) mass is 1010 g/mol. The largest absolute Gasteiger partial charge is 0.494 e. The quantitative estimate of drug-likeness (QED) is 0.0556. The summed E-state index contributed by atoms with van der Waals surface area (Å²) in [4.78, 5) is 47.1. The predicted octanol–water partition coefficient (Wildman–Crippen LogP) is 13.6. The van der Waals surface area contributed by atoms with E-state index in [1.54, 1.807) is 19.1 Å². The molecule has 4 amide bonds. The van der Waals surface area contributed by atoms with Crippen molar-refractivity contribution in [3.8, 4) is 46.0 Å². The Kier molecular flexibility index (Phi) is 19.0. The lowest BCUT2D eigenvalue weighted by molar-refractivity contribution is -0.126. The van der Waals surface area contributed by atoms with Crippen LogP contribution < -0.4 is 39.1 Å². The summed E-state index contributed by atoms with van der Waals surface area (Å²) in [5.41, 5.74) is 3.07. The van der Waals surface area contributed by atoms with Crippen molar-refractivity contribution in [2.45, 2.75) is 81.9 Å². The van der Waals surface area contributed by atoms with Crippen LogP contribution in [0.2, 0.25) is 0 Å². The molecule has 0 bridgehead atoms. The minimum absolute atomic E-state index is 0.0832. The number of hydrogen-bond acceptors (Lipinski definition) is 12. The molecular formula is C57H59FN2O10S2. The van der Waals surface area contributed by atoms with Crippen LogP contribution in [0.3, 0.4) is 0 Å². The number of benzene rings is 6. The van der Waals surface area contributed by atoms with Gasteiger partial charge in [-0.1, -0.05) is 87.4 Å². The normalized spacial score (nSPS) is 17.1. The number of hydrogen-bond donors (Lipinski definition) is 2. The number of imide groups is 2. The van der Waals surface area contributed by atoms with E-state index in [0.29, 0.717) is 49.7 Å². The van der Waals surface area contributed by atoms with E-state index in [0.717, 1.165) is 114 Å². The molecular weight excluding hydrogens is 956 g/mol. The third kappa shape index (κ3) is 14.6. The van der Waals surface area contributed by atoms with E-state index in [9.17, 15) is 23.6 Å². The Bertz CT molecular complexity index is 2590. The number of alkyl halides is 1. The van der Waals surface area contributed by atoms with Crippen LogP contribution in [0.15, 0.2) is 146 Å². The molecule has 0 radical (unpaired) electrons. The van der Waals surface area contributed by atoms with Crippen molar-refractivity contribution < 1.29 is 52.0 Å². The Morgan fingerprint density at radius 2 is 0.889 bits per heavy atom. The van der Waals surface area contributed by atoms with Crippen LogP contribution >= 0.6 is 23.5 Å². The molecule has 2 N–H and O–H groups in total. The van der Waals surface area contributed by atoms with E-state index in [1.807, 2.05) is 121 Å². The molecule has 2 aliphatic heterocycles. The molecule has 376 valence electrons. The molecule has 6 aromatic rings. The summed E-state index contributed by atoms with van der Waals surface area (Å²) in [6.45, 7) is 8.10. The van der Waals surface area contributed by atoms with Crippen molar-refractivity contribution in [1.82, 2.24) is 10.6 Å². The summed E-state index contributed by atoms with van der Waals surface area (Å²) in [7, 11) is 0. The first kappa shape index (κ1) is 52.8. The van der Waals surface area contributed by atoms with Crippen molar-refractivity contribution in [2.24, 2.45) is 0 Å². The highest BCUT2D eigenvalue weighted by Crippen LogP contribution is 2.44. The minimum Gasteiger partial charge on any atom is -0.494 e. The third-order valence-electron chi connectivity index (χ3n) is 11.5. The number of rotatable bonds is 24. The molecule has 72 heavy (non-hydrogen) atoms. The minimum atomic E-state index is -2.43. The van der Waals surface area contributed by atoms with E-state index >= 15 is 0 Å². The van der Waals surface area contributed by atoms with Crippen molar-refractivity contribution in [3.63, 3.8) is 0 Å². The highest BCUT2D eigenvalue weighted by atomic mass is 32.2. The van der Waals surface area contributed by atoms with Gasteiger partial charge in [-0.05, 0) is 171 Å². The van der Waals surface area contributed by atoms with Crippen LogP contribution in [0, 0.1) is 0 Å². The Morgan fingerprint density at radius 1 is 0.458 bits per heavy atom. The molecule has 0 spiro atoms. The number of amides is 4. The van der Waals surface area contributed by atoms with Gasteiger partial charge in [0, 0.05) is 5.56 Å². The Balaban J connectivity index is 0.000000211. The second-order valence-electron chi connectivity index (χ2n) is 17.0. The van der Waals surface area contributed by atoms with Gasteiger partial charge < -0.3 is 28.4 Å². The molecule has 2 saturated heterocycles. The highest BCUT2D eigenvalue weighted by molar-refractivity contribution is 8.15. The molecule has 12 nitrogen and oxygen atoms in total. The van der Waals surface area contributed by atoms with Crippen LogP contribution in [-0.4, -0.2) is 48.7 Å². The van der Waals surface area contributed by atoms with E-state index in [-0.39, 0.29) is 16.7 Å². The number of unbranched alkanes of at least 4 members (excludes halogenated alkanes) is 2. The molecule has 2 atom stereocenters. The lowest BCUT2D eigenvalue weighted by Gasteiger charge is -2.19. The second kappa shape index (κ2) is 25.9. The zero-order chi connectivity index (χ0) is 50.8. The molecule has 0 saturated carbocycles. The lowest BCUT2D eigenvalue weighted by atomic mass is 9.99. The van der Waals surface area contributed by atoms with Crippen molar-refractivity contribution in [1.29, 1.82) is 0 Å².